The molecule has 33 heavy (non-hydrogen) atoms. The first-order valence-corrected chi connectivity index (χ1v) is 9.67. The highest BCUT2D eigenvalue weighted by atomic mass is 19.4. The van der Waals surface area contributed by atoms with Crippen LogP contribution >= 0.6 is 0 Å². The molecule has 2 N–H and O–H groups in total. The first kappa shape index (κ1) is 24.1. The number of anilines is 1. The molecule has 0 bridgehead atoms. The maximum absolute atomic E-state index is 13.3. The molecule has 1 saturated heterocycles. The third-order valence-electron chi connectivity index (χ3n) is 5.06. The van der Waals surface area contributed by atoms with E-state index in [2.05, 4.69) is 10.1 Å². The minimum Gasteiger partial charge on any atom is -0.355 e. The molecular formula is C19H18F6N6O2. The summed E-state index contributed by atoms with van der Waals surface area (Å²) in [4.78, 5) is 17.5. The van der Waals surface area contributed by atoms with Gasteiger partial charge in [-0.05, 0) is 31.0 Å². The molecule has 2 aromatic rings. The maximum atomic E-state index is 13.3. The van der Waals surface area contributed by atoms with E-state index in [1.807, 2.05) is 0 Å². The van der Waals surface area contributed by atoms with Crippen molar-refractivity contribution in [2.24, 2.45) is 5.73 Å². The molecule has 8 nitrogen and oxygen atoms in total. The Morgan fingerprint density at radius 2 is 2.03 bits per heavy atom. The van der Waals surface area contributed by atoms with E-state index in [0.717, 1.165) is 12.1 Å². The number of aromatic nitrogens is 2. The number of carbonyl (C=O) groups excluding carboxylic acids is 1. The minimum absolute atomic E-state index is 0.0960. The molecule has 1 aromatic carbocycles. The van der Waals surface area contributed by atoms with Crippen molar-refractivity contribution in [3.63, 3.8) is 0 Å². The van der Waals surface area contributed by atoms with Crippen LogP contribution in [0.4, 0.5) is 36.8 Å². The summed E-state index contributed by atoms with van der Waals surface area (Å²) in [5.41, 5.74) is 2.80. The van der Waals surface area contributed by atoms with E-state index in [1.54, 1.807) is 0 Å². The number of hydrogen-bond donors (Lipinski definition) is 1. The van der Waals surface area contributed by atoms with Crippen molar-refractivity contribution in [1.82, 2.24) is 15.0 Å². The van der Waals surface area contributed by atoms with Crippen LogP contribution in [0, 0.1) is 11.3 Å². The maximum Gasteiger partial charge on any atom is 0.417 e. The molecule has 2 amide bonds. The Morgan fingerprint density at radius 3 is 2.64 bits per heavy atom. The zero-order chi connectivity index (χ0) is 24.4. The average molecular weight is 476 g/mol. The number of carbonyl (C=O) groups is 1. The van der Waals surface area contributed by atoms with Crippen LogP contribution in [0.25, 0.3) is 0 Å². The predicted molar refractivity (Wildman–Crippen MR) is 101 cm³/mol. The monoisotopic (exact) mass is 476 g/mol. The van der Waals surface area contributed by atoms with Gasteiger partial charge >= 0.3 is 18.4 Å². The molecule has 0 spiro atoms. The van der Waals surface area contributed by atoms with Crippen molar-refractivity contribution in [1.29, 1.82) is 5.26 Å². The highest BCUT2D eigenvalue weighted by Gasteiger charge is 2.36. The van der Waals surface area contributed by atoms with E-state index in [0.29, 0.717) is 30.4 Å². The van der Waals surface area contributed by atoms with Gasteiger partial charge in [-0.2, -0.15) is 36.6 Å². The number of likely N-dealkylation sites (tertiary alicyclic amines) is 1. The summed E-state index contributed by atoms with van der Waals surface area (Å²) in [6.07, 6.45) is -8.49. The summed E-state index contributed by atoms with van der Waals surface area (Å²) in [6, 6.07) is 3.04. The summed E-state index contributed by atoms with van der Waals surface area (Å²) in [7, 11) is 0. The van der Waals surface area contributed by atoms with Gasteiger partial charge in [0, 0.05) is 18.8 Å². The van der Waals surface area contributed by atoms with Gasteiger partial charge in [0.05, 0.1) is 29.7 Å². The van der Waals surface area contributed by atoms with Gasteiger partial charge in [-0.25, -0.2) is 4.79 Å². The number of nitrogens with zero attached hydrogens (tertiary/aromatic N) is 5. The Morgan fingerprint density at radius 1 is 1.30 bits per heavy atom. The number of amides is 2. The molecule has 1 aromatic heterocycles. The fourth-order valence-corrected chi connectivity index (χ4v) is 3.56. The quantitative estimate of drug-likeness (QED) is 0.658. The van der Waals surface area contributed by atoms with Crippen molar-refractivity contribution < 1.29 is 35.7 Å². The van der Waals surface area contributed by atoms with E-state index >= 15 is 0 Å². The molecule has 2 heterocycles. The highest BCUT2D eigenvalue weighted by molar-refractivity contribution is 5.72. The third-order valence-corrected chi connectivity index (χ3v) is 5.06. The van der Waals surface area contributed by atoms with Crippen LogP contribution in [0.3, 0.4) is 0 Å². The van der Waals surface area contributed by atoms with E-state index in [9.17, 15) is 31.1 Å². The molecule has 3 rings (SSSR count). The molecule has 1 unspecified atom stereocenters. The second kappa shape index (κ2) is 9.16. The van der Waals surface area contributed by atoms with E-state index in [-0.39, 0.29) is 24.2 Å². The number of nitriles is 1. The SMILES string of the molecule is N#Cc1ccc(N(Cc2noc(C3CCCN(C(N)=O)C3)n2)CC(F)(F)F)cc1C(F)(F)F. The molecule has 1 fully saturated rings. The lowest BCUT2D eigenvalue weighted by Gasteiger charge is -2.29. The molecule has 1 aliphatic heterocycles. The van der Waals surface area contributed by atoms with Gasteiger partial charge in [0.15, 0.2) is 5.82 Å². The fraction of sp³-hybridized carbons (Fsp3) is 0.474. The summed E-state index contributed by atoms with van der Waals surface area (Å²) in [5.74, 6) is -0.447. The van der Waals surface area contributed by atoms with Crippen molar-refractivity contribution in [3.05, 3.63) is 41.0 Å². The average Bonchev–Trinajstić information content (AvgIpc) is 3.20. The Balaban J connectivity index is 1.87. The van der Waals surface area contributed by atoms with Crippen LogP contribution in [0.1, 0.15) is 41.6 Å². The van der Waals surface area contributed by atoms with Gasteiger partial charge in [0.25, 0.3) is 0 Å². The lowest BCUT2D eigenvalue weighted by atomic mass is 9.98. The van der Waals surface area contributed by atoms with Crippen molar-refractivity contribution >= 4 is 11.7 Å². The number of hydrogen-bond acceptors (Lipinski definition) is 6. The van der Waals surface area contributed by atoms with Gasteiger partial charge in [0.1, 0.15) is 6.54 Å². The summed E-state index contributed by atoms with van der Waals surface area (Å²) in [5, 5.41) is 12.6. The van der Waals surface area contributed by atoms with E-state index < -0.39 is 48.3 Å². The fourth-order valence-electron chi connectivity index (χ4n) is 3.56. The zero-order valence-corrected chi connectivity index (χ0v) is 16.9. The number of rotatable bonds is 5. The van der Waals surface area contributed by atoms with Gasteiger partial charge in [0.2, 0.25) is 5.89 Å². The summed E-state index contributed by atoms with van der Waals surface area (Å²) in [6.45, 7) is -1.53. The molecule has 14 heteroatoms. The Labute approximate surface area is 183 Å². The molecule has 1 aliphatic rings. The lowest BCUT2D eigenvalue weighted by Crippen LogP contribution is -2.42. The standard InChI is InChI=1S/C19H18F6N6O2/c20-18(21,22)10-31(13-4-3-11(7-26)14(6-13)19(23,24)25)9-15-28-16(33-29-15)12-2-1-5-30(8-12)17(27)32/h3-4,6,12H,1-2,5,8-10H2,(H2,27,32). The number of primary amides is 1. The largest absolute Gasteiger partial charge is 0.417 e. The molecule has 0 aliphatic carbocycles. The minimum atomic E-state index is -4.93. The van der Waals surface area contributed by atoms with Crippen LogP contribution in [-0.4, -0.2) is 46.9 Å². The Kier molecular flexibility index (Phi) is 6.71. The van der Waals surface area contributed by atoms with Crippen molar-refractivity contribution in [2.75, 3.05) is 24.5 Å². The number of alkyl halides is 6. The topological polar surface area (TPSA) is 112 Å². The van der Waals surface area contributed by atoms with Gasteiger partial charge in [-0.3, -0.25) is 0 Å². The van der Waals surface area contributed by atoms with Crippen LogP contribution < -0.4 is 10.6 Å². The number of benzene rings is 1. The molecular weight excluding hydrogens is 458 g/mol. The van der Waals surface area contributed by atoms with Gasteiger partial charge < -0.3 is 20.1 Å². The predicted octanol–water partition coefficient (Wildman–Crippen LogP) is 3.79. The summed E-state index contributed by atoms with van der Waals surface area (Å²) < 4.78 is 84.4. The molecule has 0 radical (unpaired) electrons. The number of urea groups is 1. The van der Waals surface area contributed by atoms with Gasteiger partial charge in [-0.15, -0.1) is 0 Å². The number of piperidine rings is 1. The number of nitrogens with two attached hydrogens (primary N) is 1. The second-order valence-electron chi connectivity index (χ2n) is 7.48. The van der Waals surface area contributed by atoms with E-state index in [1.165, 1.54) is 11.0 Å². The van der Waals surface area contributed by atoms with Gasteiger partial charge in [-0.1, -0.05) is 5.16 Å². The first-order chi connectivity index (χ1) is 15.4. The highest BCUT2D eigenvalue weighted by Crippen LogP contribution is 2.35. The number of halogens is 6. The van der Waals surface area contributed by atoms with Crippen LogP contribution in [0.2, 0.25) is 0 Å². The molecule has 178 valence electrons. The second-order valence-corrected chi connectivity index (χ2v) is 7.48. The lowest BCUT2D eigenvalue weighted by molar-refractivity contribution is -0.137. The van der Waals surface area contributed by atoms with Crippen LogP contribution in [0.15, 0.2) is 22.7 Å². The van der Waals surface area contributed by atoms with Crippen LogP contribution in [0.5, 0.6) is 0 Å². The Bertz CT molecular complexity index is 1040. The molecule has 0 saturated carbocycles. The zero-order valence-electron chi connectivity index (χ0n) is 16.9. The molecule has 1 atom stereocenters. The van der Waals surface area contributed by atoms with Crippen molar-refractivity contribution in [2.45, 2.75) is 37.7 Å². The third kappa shape index (κ3) is 6.05. The Hall–Kier alpha value is -3.50. The normalized spacial score (nSPS) is 17.0. The summed E-state index contributed by atoms with van der Waals surface area (Å²) >= 11 is 0. The van der Waals surface area contributed by atoms with Crippen LogP contribution in [-0.2, 0) is 12.7 Å². The smallest absolute Gasteiger partial charge is 0.355 e. The first-order valence-electron chi connectivity index (χ1n) is 9.67. The van der Waals surface area contributed by atoms with Crippen molar-refractivity contribution in [3.8, 4) is 6.07 Å². The van der Waals surface area contributed by atoms with E-state index in [4.69, 9.17) is 15.5 Å².